The van der Waals surface area contributed by atoms with Crippen molar-refractivity contribution >= 4 is 24.1 Å². The second-order valence-corrected chi connectivity index (χ2v) is 11.0. The molecule has 43 heavy (non-hydrogen) atoms. The van der Waals surface area contributed by atoms with E-state index in [1.807, 2.05) is 24.3 Å². The maximum absolute atomic E-state index is 14.2. The number of likely N-dealkylation sites (tertiary alicyclic amines) is 1. The van der Waals surface area contributed by atoms with Crippen LogP contribution in [0.15, 0.2) is 60.7 Å². The van der Waals surface area contributed by atoms with Gasteiger partial charge in [-0.3, -0.25) is 34.3 Å². The van der Waals surface area contributed by atoms with Crippen LogP contribution in [0.1, 0.15) is 64.2 Å². The standard InChI is InChI=1S/C33H33F2N3O5/c1-21-26(33(42)38(20-39)29-11-12-31(40)36-32(29)41)3-2-4-30(21)43-19-23-7-5-22(6-8-23)18-37-15-13-24(14-16-37)27-10-9-25(34)17-28(27)35/h2-10,17,20,24,29H,11-16,18-19H2,1H3,(H,36,40,41). The normalized spacial score (nSPS) is 17.8. The number of hydrogen-bond donors (Lipinski definition) is 1. The van der Waals surface area contributed by atoms with Crippen molar-refractivity contribution in [2.45, 2.75) is 57.7 Å². The lowest BCUT2D eigenvalue weighted by Gasteiger charge is -2.32. The third-order valence-electron chi connectivity index (χ3n) is 8.22. The average Bonchev–Trinajstić information content (AvgIpc) is 2.99. The van der Waals surface area contributed by atoms with E-state index in [1.54, 1.807) is 31.2 Å². The molecule has 1 N–H and O–H groups in total. The molecule has 5 rings (SSSR count). The third-order valence-corrected chi connectivity index (χ3v) is 8.22. The molecule has 0 radical (unpaired) electrons. The van der Waals surface area contributed by atoms with Gasteiger partial charge in [0.25, 0.3) is 5.91 Å². The second-order valence-electron chi connectivity index (χ2n) is 11.0. The first kappa shape index (κ1) is 30.0. The van der Waals surface area contributed by atoms with Crippen LogP contribution in [0.5, 0.6) is 5.75 Å². The largest absolute Gasteiger partial charge is 0.489 e. The van der Waals surface area contributed by atoms with E-state index < -0.39 is 35.4 Å². The third kappa shape index (κ3) is 6.97. The minimum Gasteiger partial charge on any atom is -0.489 e. The number of nitrogens with one attached hydrogen (secondary N) is 1. The number of halogens is 2. The van der Waals surface area contributed by atoms with Crippen molar-refractivity contribution in [2.24, 2.45) is 0 Å². The molecule has 2 fully saturated rings. The van der Waals surface area contributed by atoms with E-state index in [0.29, 0.717) is 23.3 Å². The average molecular weight is 590 g/mol. The fourth-order valence-electron chi connectivity index (χ4n) is 5.75. The minimum absolute atomic E-state index is 0.0478. The van der Waals surface area contributed by atoms with Crippen LogP contribution in [0.2, 0.25) is 0 Å². The highest BCUT2D eigenvalue weighted by molar-refractivity contribution is 6.07. The molecule has 0 saturated carbocycles. The Morgan fingerprint density at radius 2 is 1.74 bits per heavy atom. The van der Waals surface area contributed by atoms with Crippen LogP contribution >= 0.6 is 0 Å². The summed E-state index contributed by atoms with van der Waals surface area (Å²) >= 11 is 0. The Hall–Kier alpha value is -4.44. The number of carbonyl (C=O) groups excluding carboxylic acids is 4. The molecule has 2 aliphatic heterocycles. The van der Waals surface area contributed by atoms with E-state index in [4.69, 9.17) is 4.74 Å². The first-order valence-corrected chi connectivity index (χ1v) is 14.3. The molecule has 0 aromatic heterocycles. The van der Waals surface area contributed by atoms with Crippen LogP contribution in [0.4, 0.5) is 8.78 Å². The molecular weight excluding hydrogens is 556 g/mol. The smallest absolute Gasteiger partial charge is 0.261 e. The van der Waals surface area contributed by atoms with Crippen molar-refractivity contribution in [1.29, 1.82) is 0 Å². The number of carbonyl (C=O) groups is 4. The number of ether oxygens (including phenoxy) is 1. The molecule has 2 aliphatic rings. The van der Waals surface area contributed by atoms with E-state index in [0.717, 1.165) is 54.6 Å². The number of piperidine rings is 2. The Balaban J connectivity index is 1.15. The molecule has 2 heterocycles. The van der Waals surface area contributed by atoms with E-state index in [2.05, 4.69) is 10.2 Å². The van der Waals surface area contributed by atoms with E-state index in [9.17, 15) is 28.0 Å². The van der Waals surface area contributed by atoms with Crippen LogP contribution in [0.25, 0.3) is 0 Å². The van der Waals surface area contributed by atoms with Gasteiger partial charge in [-0.1, -0.05) is 36.4 Å². The molecule has 4 amide bonds. The van der Waals surface area contributed by atoms with Gasteiger partial charge in [0, 0.05) is 30.2 Å². The Morgan fingerprint density at radius 1 is 1.02 bits per heavy atom. The predicted molar refractivity (Wildman–Crippen MR) is 154 cm³/mol. The molecular formula is C33H33F2N3O5. The fourth-order valence-corrected chi connectivity index (χ4v) is 5.75. The van der Waals surface area contributed by atoms with E-state index in [-0.39, 0.29) is 30.9 Å². The molecule has 1 unspecified atom stereocenters. The van der Waals surface area contributed by atoms with Gasteiger partial charge in [0.05, 0.1) is 0 Å². The lowest BCUT2D eigenvalue weighted by atomic mass is 9.89. The Labute approximate surface area is 248 Å². The van der Waals surface area contributed by atoms with Crippen molar-refractivity contribution < 1.29 is 32.7 Å². The van der Waals surface area contributed by atoms with Crippen LogP contribution < -0.4 is 10.1 Å². The molecule has 2 saturated heterocycles. The number of hydrogen-bond acceptors (Lipinski definition) is 6. The summed E-state index contributed by atoms with van der Waals surface area (Å²) in [6, 6.07) is 15.8. The topological polar surface area (TPSA) is 96.0 Å². The van der Waals surface area contributed by atoms with Gasteiger partial charge in [-0.25, -0.2) is 8.78 Å². The van der Waals surface area contributed by atoms with Crippen LogP contribution in [-0.4, -0.2) is 53.1 Å². The summed E-state index contributed by atoms with van der Waals surface area (Å²) in [6.07, 6.45) is 2.08. The molecule has 0 spiro atoms. The summed E-state index contributed by atoms with van der Waals surface area (Å²) in [5.41, 5.74) is 3.43. The van der Waals surface area contributed by atoms with Crippen LogP contribution in [-0.2, 0) is 27.5 Å². The van der Waals surface area contributed by atoms with Gasteiger partial charge in [0.2, 0.25) is 18.2 Å². The predicted octanol–water partition coefficient (Wildman–Crippen LogP) is 4.64. The summed E-state index contributed by atoms with van der Waals surface area (Å²) in [4.78, 5) is 51.9. The van der Waals surface area contributed by atoms with Crippen LogP contribution in [0.3, 0.4) is 0 Å². The van der Waals surface area contributed by atoms with Crippen LogP contribution in [0, 0.1) is 18.6 Å². The monoisotopic (exact) mass is 589 g/mol. The van der Waals surface area contributed by atoms with Gasteiger partial charge in [-0.05, 0) is 80.1 Å². The first-order valence-electron chi connectivity index (χ1n) is 14.3. The first-order chi connectivity index (χ1) is 20.7. The molecule has 10 heteroatoms. The Kier molecular flexibility index (Phi) is 9.25. The highest BCUT2D eigenvalue weighted by Gasteiger charge is 2.35. The summed E-state index contributed by atoms with van der Waals surface area (Å²) in [5, 5.41) is 2.17. The maximum Gasteiger partial charge on any atom is 0.261 e. The van der Waals surface area contributed by atoms with E-state index in [1.165, 1.54) is 6.07 Å². The molecule has 8 nitrogen and oxygen atoms in total. The molecule has 0 bridgehead atoms. The molecule has 0 aliphatic carbocycles. The van der Waals surface area contributed by atoms with Crippen molar-refractivity contribution in [2.75, 3.05) is 13.1 Å². The highest BCUT2D eigenvalue weighted by atomic mass is 19.1. The maximum atomic E-state index is 14.2. The van der Waals surface area contributed by atoms with Crippen molar-refractivity contribution in [1.82, 2.24) is 15.1 Å². The number of benzene rings is 3. The van der Waals surface area contributed by atoms with Gasteiger partial charge in [0.1, 0.15) is 30.0 Å². The fraction of sp³-hybridized carbons (Fsp3) is 0.333. The van der Waals surface area contributed by atoms with E-state index >= 15 is 0 Å². The van der Waals surface area contributed by atoms with Gasteiger partial charge in [-0.2, -0.15) is 0 Å². The second kappa shape index (κ2) is 13.2. The zero-order chi connectivity index (χ0) is 30.5. The van der Waals surface area contributed by atoms with Gasteiger partial charge in [-0.15, -0.1) is 0 Å². The van der Waals surface area contributed by atoms with Crippen molar-refractivity contribution in [3.8, 4) is 5.75 Å². The quantitative estimate of drug-likeness (QED) is 0.289. The molecule has 224 valence electrons. The van der Waals surface area contributed by atoms with Crippen molar-refractivity contribution in [3.05, 3.63) is 100 Å². The zero-order valence-electron chi connectivity index (χ0n) is 23.9. The summed E-state index contributed by atoms with van der Waals surface area (Å²) in [6.45, 7) is 4.39. The zero-order valence-corrected chi connectivity index (χ0v) is 23.9. The number of nitrogens with zero attached hydrogens (tertiary/aromatic N) is 2. The molecule has 3 aromatic carbocycles. The SMILES string of the molecule is Cc1c(OCc2ccc(CN3CCC(c4ccc(F)cc4F)CC3)cc2)cccc1C(=O)N(C=O)C1CCC(=O)NC1=O. The number of imide groups is 2. The lowest BCUT2D eigenvalue weighted by molar-refractivity contribution is -0.139. The Morgan fingerprint density at radius 3 is 2.42 bits per heavy atom. The van der Waals surface area contributed by atoms with Crippen molar-refractivity contribution in [3.63, 3.8) is 0 Å². The summed E-state index contributed by atoms with van der Waals surface area (Å²) in [7, 11) is 0. The number of amides is 4. The van der Waals surface area contributed by atoms with Gasteiger partial charge in [0.15, 0.2) is 0 Å². The summed E-state index contributed by atoms with van der Waals surface area (Å²) < 4.78 is 33.5. The number of rotatable bonds is 9. The van der Waals surface area contributed by atoms with Gasteiger partial charge < -0.3 is 4.74 Å². The highest BCUT2D eigenvalue weighted by Crippen LogP contribution is 2.31. The molecule has 3 aromatic rings. The lowest BCUT2D eigenvalue weighted by Crippen LogP contribution is -2.53. The minimum atomic E-state index is -1.05. The summed E-state index contributed by atoms with van der Waals surface area (Å²) in [5.74, 6) is -2.20. The van der Waals surface area contributed by atoms with Gasteiger partial charge >= 0.3 is 0 Å². The molecule has 1 atom stereocenters. The Bertz CT molecular complexity index is 1520.